The molecule has 0 spiro atoms. The zero-order chi connectivity index (χ0) is 41.2. The van der Waals surface area contributed by atoms with Gasteiger partial charge in [0.25, 0.3) is 0 Å². The Morgan fingerprint density at radius 3 is 1.60 bits per heavy atom. The lowest BCUT2D eigenvalue weighted by Crippen LogP contribution is -2.01. The largest absolute Gasteiger partial charge is 0.455 e. The van der Waals surface area contributed by atoms with Crippen molar-refractivity contribution in [2.45, 2.75) is 0 Å². The van der Waals surface area contributed by atoms with Crippen LogP contribution in [-0.2, 0) is 0 Å². The predicted octanol–water partition coefficient (Wildman–Crippen LogP) is 17.7. The monoisotopic (exact) mass is 796 g/mol. The van der Waals surface area contributed by atoms with Gasteiger partial charge >= 0.3 is 0 Å². The molecule has 1 aliphatic rings. The maximum atomic E-state index is 7.19. The van der Waals surface area contributed by atoms with Crippen LogP contribution < -0.4 is 4.74 Å². The fourth-order valence-electron chi connectivity index (χ4n) is 11.1. The van der Waals surface area contributed by atoms with Crippen molar-refractivity contribution >= 4 is 86.2 Å². The third-order valence-electron chi connectivity index (χ3n) is 13.8. The highest BCUT2D eigenvalue weighted by Gasteiger charge is 2.28. The van der Waals surface area contributed by atoms with E-state index in [0.29, 0.717) is 0 Å². The van der Waals surface area contributed by atoms with Gasteiger partial charge in [-0.1, -0.05) is 194 Å². The van der Waals surface area contributed by atoms with E-state index in [4.69, 9.17) is 4.74 Å². The van der Waals surface area contributed by atoms with Gasteiger partial charge in [-0.05, 0) is 139 Å². The maximum absolute atomic E-state index is 7.19. The average Bonchev–Trinajstić information content (AvgIpc) is 3.35. The number of hydrogen-bond donors (Lipinski definition) is 0. The lowest BCUT2D eigenvalue weighted by atomic mass is 9.81. The van der Waals surface area contributed by atoms with E-state index in [-0.39, 0.29) is 0 Å². The summed E-state index contributed by atoms with van der Waals surface area (Å²) in [5, 5.41) is 19.6. The first-order chi connectivity index (χ1) is 31.3. The summed E-state index contributed by atoms with van der Waals surface area (Å²) in [7, 11) is 0. The molecule has 13 aromatic carbocycles. The van der Waals surface area contributed by atoms with Gasteiger partial charge in [-0.2, -0.15) is 0 Å². The van der Waals surface area contributed by atoms with E-state index < -0.39 is 0 Å². The minimum atomic E-state index is 0.888. The highest BCUT2D eigenvalue weighted by Crippen LogP contribution is 2.55. The van der Waals surface area contributed by atoms with E-state index in [9.17, 15) is 0 Å². The molecule has 14 rings (SSSR count). The maximum Gasteiger partial charge on any atom is 0.143 e. The Morgan fingerprint density at radius 2 is 0.810 bits per heavy atom. The predicted molar refractivity (Wildman–Crippen MR) is 268 cm³/mol. The van der Waals surface area contributed by atoms with Crippen LogP contribution in [0, 0.1) is 0 Å². The Hall–Kier alpha value is -8.26. The van der Waals surface area contributed by atoms with Crippen LogP contribution in [0.3, 0.4) is 0 Å². The first-order valence-electron chi connectivity index (χ1n) is 21.8. The lowest BCUT2D eigenvalue weighted by Gasteiger charge is -2.26. The van der Waals surface area contributed by atoms with Gasteiger partial charge in [0.05, 0.1) is 0 Å². The number of fused-ring (bicyclic) bond motifs is 12. The molecule has 0 aliphatic carbocycles. The van der Waals surface area contributed by atoms with Crippen LogP contribution in [0.2, 0.25) is 0 Å². The number of benzene rings is 13. The van der Waals surface area contributed by atoms with Crippen molar-refractivity contribution in [2.24, 2.45) is 0 Å². The van der Waals surface area contributed by atoms with Crippen molar-refractivity contribution in [1.29, 1.82) is 0 Å². The van der Waals surface area contributed by atoms with Crippen molar-refractivity contribution in [3.63, 3.8) is 0 Å². The smallest absolute Gasteiger partial charge is 0.143 e. The Labute approximate surface area is 363 Å². The standard InChI is InChI=1S/C62H36O/c1-2-17-39(18-3-1)57-45-24-11-12-25-46(45)59(52-32-30-38-16-5-8-21-42(38)61(52)57)54-36-55-48-28-14-27-47-49(33-34-56(60(47)48)63-62(55)51-26-13-10-23-44(51)54)58-43-22-9-6-19-40(43)35-53-41-20-7-4-15-37(41)29-31-50(53)58/h1-36H. The first kappa shape index (κ1) is 34.5. The highest BCUT2D eigenvalue weighted by atomic mass is 16.5. The molecule has 290 valence electrons. The number of ether oxygens (including phenoxy) is 1. The lowest BCUT2D eigenvalue weighted by molar-refractivity contribution is 0.493. The van der Waals surface area contributed by atoms with Gasteiger partial charge in [-0.25, -0.2) is 0 Å². The van der Waals surface area contributed by atoms with E-state index in [0.717, 1.165) is 27.8 Å². The molecule has 1 aliphatic heterocycles. The third kappa shape index (κ3) is 4.88. The van der Waals surface area contributed by atoms with Gasteiger partial charge in [0, 0.05) is 16.3 Å². The molecule has 0 amide bonds. The molecule has 1 nitrogen and oxygen atoms in total. The molecule has 0 atom stereocenters. The summed E-state index contributed by atoms with van der Waals surface area (Å²) in [4.78, 5) is 0. The summed E-state index contributed by atoms with van der Waals surface area (Å²) < 4.78 is 7.19. The van der Waals surface area contributed by atoms with Crippen LogP contribution in [0.5, 0.6) is 11.5 Å². The number of rotatable bonds is 3. The van der Waals surface area contributed by atoms with E-state index in [1.807, 2.05) is 0 Å². The third-order valence-corrected chi connectivity index (χ3v) is 13.8. The normalized spacial score (nSPS) is 12.3. The molecule has 0 saturated heterocycles. The van der Waals surface area contributed by atoms with Crippen LogP contribution in [0.25, 0.3) is 131 Å². The molecule has 1 heterocycles. The Morgan fingerprint density at radius 1 is 0.238 bits per heavy atom. The van der Waals surface area contributed by atoms with Crippen LogP contribution in [0.1, 0.15) is 0 Å². The average molecular weight is 797 g/mol. The minimum absolute atomic E-state index is 0.888. The zero-order valence-electron chi connectivity index (χ0n) is 34.2. The quantitative estimate of drug-likeness (QED) is 0.128. The summed E-state index contributed by atoms with van der Waals surface area (Å²) in [5.41, 5.74) is 9.70. The molecule has 0 fully saturated rings. The summed E-state index contributed by atoms with van der Waals surface area (Å²) >= 11 is 0. The molecule has 1 heteroatoms. The summed E-state index contributed by atoms with van der Waals surface area (Å²) in [6.07, 6.45) is 0. The highest BCUT2D eigenvalue weighted by molar-refractivity contribution is 6.30. The second-order valence-electron chi connectivity index (χ2n) is 17.0. The minimum Gasteiger partial charge on any atom is -0.455 e. The van der Waals surface area contributed by atoms with Crippen molar-refractivity contribution in [2.75, 3.05) is 0 Å². The topological polar surface area (TPSA) is 9.23 Å². The zero-order valence-corrected chi connectivity index (χ0v) is 34.2. The van der Waals surface area contributed by atoms with E-state index in [1.54, 1.807) is 0 Å². The fourth-order valence-corrected chi connectivity index (χ4v) is 11.1. The SMILES string of the molecule is c1ccc(-c2c3ccccc3c(-c3cc4c(c5ccccc35)Oc3ccc(-c5c6ccccc6cc6c5ccc5ccccc56)c5cccc-4c35)c3ccc4ccccc4c23)cc1. The van der Waals surface area contributed by atoms with Gasteiger partial charge in [0.2, 0.25) is 0 Å². The van der Waals surface area contributed by atoms with Gasteiger partial charge in [-0.3, -0.25) is 0 Å². The molecule has 0 N–H and O–H groups in total. The van der Waals surface area contributed by atoms with E-state index >= 15 is 0 Å². The molecule has 13 aromatic rings. The van der Waals surface area contributed by atoms with Crippen LogP contribution in [0.15, 0.2) is 218 Å². The van der Waals surface area contributed by atoms with Gasteiger partial charge in [0.15, 0.2) is 0 Å². The molecular weight excluding hydrogens is 761 g/mol. The van der Waals surface area contributed by atoms with Crippen molar-refractivity contribution in [1.82, 2.24) is 0 Å². The van der Waals surface area contributed by atoms with Crippen LogP contribution in [0.4, 0.5) is 0 Å². The first-order valence-corrected chi connectivity index (χ1v) is 21.8. The second-order valence-corrected chi connectivity index (χ2v) is 17.0. The Kier molecular flexibility index (Phi) is 7.17. The van der Waals surface area contributed by atoms with Gasteiger partial charge in [0.1, 0.15) is 11.5 Å². The second kappa shape index (κ2) is 13.1. The molecular formula is C62H36O. The van der Waals surface area contributed by atoms with E-state index in [1.165, 1.54) is 114 Å². The van der Waals surface area contributed by atoms with Crippen LogP contribution in [-0.4, -0.2) is 0 Å². The fraction of sp³-hybridized carbons (Fsp3) is 0. The molecule has 0 aromatic heterocycles. The summed E-state index contributed by atoms with van der Waals surface area (Å²) in [6, 6.07) is 80.5. The van der Waals surface area contributed by atoms with Crippen molar-refractivity contribution < 1.29 is 4.74 Å². The van der Waals surface area contributed by atoms with Gasteiger partial charge in [-0.15, -0.1) is 0 Å². The van der Waals surface area contributed by atoms with E-state index in [2.05, 4.69) is 218 Å². The Bertz CT molecular complexity index is 4100. The van der Waals surface area contributed by atoms with Gasteiger partial charge < -0.3 is 4.74 Å². The number of hydrogen-bond acceptors (Lipinski definition) is 1. The molecule has 0 bridgehead atoms. The summed E-state index contributed by atoms with van der Waals surface area (Å²) in [5.74, 6) is 1.79. The molecule has 0 unspecified atom stereocenters. The Balaban J connectivity index is 1.09. The molecule has 63 heavy (non-hydrogen) atoms. The van der Waals surface area contributed by atoms with Crippen molar-refractivity contribution in [3.05, 3.63) is 218 Å². The molecule has 0 saturated carbocycles. The molecule has 0 radical (unpaired) electrons. The van der Waals surface area contributed by atoms with Crippen molar-refractivity contribution in [3.8, 4) is 56.0 Å². The van der Waals surface area contributed by atoms with Crippen LogP contribution >= 0.6 is 0 Å². The summed E-state index contributed by atoms with van der Waals surface area (Å²) in [6.45, 7) is 0.